The van der Waals surface area contributed by atoms with Gasteiger partial charge in [0.1, 0.15) is 0 Å². The third-order valence-corrected chi connectivity index (χ3v) is 10.5. The smallest absolute Gasteiger partial charge is 0.164 e. The number of hydrogen-bond acceptors (Lipinski definition) is 3. The molecule has 48 heavy (non-hydrogen) atoms. The van der Waals surface area contributed by atoms with Crippen LogP contribution in [-0.2, 0) is 10.8 Å². The van der Waals surface area contributed by atoms with Crippen LogP contribution in [0.4, 0.5) is 0 Å². The summed E-state index contributed by atoms with van der Waals surface area (Å²) in [6.07, 6.45) is 0. The van der Waals surface area contributed by atoms with Gasteiger partial charge in [0.25, 0.3) is 0 Å². The van der Waals surface area contributed by atoms with Crippen molar-refractivity contribution in [1.82, 2.24) is 15.0 Å². The Morgan fingerprint density at radius 3 is 1.29 bits per heavy atom. The molecule has 1 aliphatic rings. The van der Waals surface area contributed by atoms with Gasteiger partial charge in [0.15, 0.2) is 17.5 Å². The lowest BCUT2D eigenvalue weighted by molar-refractivity contribution is 0.299. The molecule has 0 unspecified atom stereocenters. The third-order valence-electron chi connectivity index (χ3n) is 10.5. The molecule has 232 valence electrons. The average Bonchev–Trinajstić information content (AvgIpc) is 3.14. The largest absolute Gasteiger partial charge is 0.208 e. The van der Waals surface area contributed by atoms with Crippen molar-refractivity contribution >= 4 is 0 Å². The zero-order chi connectivity index (χ0) is 32.9. The second-order valence-corrected chi connectivity index (χ2v) is 13.7. The first-order valence-electron chi connectivity index (χ1n) is 16.6. The maximum atomic E-state index is 4.94. The summed E-state index contributed by atoms with van der Waals surface area (Å²) in [5, 5.41) is 0. The minimum atomic E-state index is -0.0506. The molecule has 3 nitrogen and oxygen atoms in total. The summed E-state index contributed by atoms with van der Waals surface area (Å²) in [6, 6.07) is 53.5. The maximum absolute atomic E-state index is 4.94. The van der Waals surface area contributed by atoms with E-state index in [0.29, 0.717) is 17.5 Å². The molecule has 1 heterocycles. The van der Waals surface area contributed by atoms with Crippen molar-refractivity contribution in [1.29, 1.82) is 0 Å². The Hall–Kier alpha value is -5.67. The third kappa shape index (κ3) is 4.86. The number of aromatic nitrogens is 3. The van der Waals surface area contributed by atoms with E-state index in [2.05, 4.69) is 119 Å². The summed E-state index contributed by atoms with van der Waals surface area (Å²) in [7, 11) is 0. The first-order chi connectivity index (χ1) is 23.3. The van der Waals surface area contributed by atoms with Gasteiger partial charge in [-0.15, -0.1) is 0 Å². The van der Waals surface area contributed by atoms with Gasteiger partial charge in [-0.2, -0.15) is 0 Å². The molecule has 0 spiro atoms. The summed E-state index contributed by atoms with van der Waals surface area (Å²) in [5.41, 5.74) is 13.1. The monoisotopic (exact) mass is 619 g/mol. The Morgan fingerprint density at radius 1 is 0.312 bits per heavy atom. The molecule has 0 atom stereocenters. The molecule has 0 saturated heterocycles. The van der Waals surface area contributed by atoms with Crippen LogP contribution in [0.1, 0.15) is 38.8 Å². The Labute approximate surface area is 283 Å². The topological polar surface area (TPSA) is 38.7 Å². The molecular formula is C45H37N3. The molecule has 0 N–H and O–H groups in total. The van der Waals surface area contributed by atoms with Crippen LogP contribution in [-0.4, -0.2) is 15.0 Å². The van der Waals surface area contributed by atoms with Crippen LogP contribution in [0.5, 0.6) is 0 Å². The molecule has 0 radical (unpaired) electrons. The second kappa shape index (κ2) is 11.5. The van der Waals surface area contributed by atoms with Crippen molar-refractivity contribution < 1.29 is 0 Å². The normalized spacial score (nSPS) is 14.2. The van der Waals surface area contributed by atoms with Crippen molar-refractivity contribution in [3.8, 4) is 67.5 Å². The van der Waals surface area contributed by atoms with Gasteiger partial charge >= 0.3 is 0 Å². The van der Waals surface area contributed by atoms with Gasteiger partial charge in [0.05, 0.1) is 0 Å². The van der Waals surface area contributed by atoms with Crippen molar-refractivity contribution in [2.24, 2.45) is 0 Å². The van der Waals surface area contributed by atoms with E-state index in [0.717, 1.165) is 22.3 Å². The standard InChI is InChI=1S/C45H37N3/c1-44(2)38-24-14-13-22-37(38)40-36(23-15-25-39(40)45(44,3)4)35-21-12-11-20-34(35)30-26-28-33(29-27-30)43-47-41(31-16-7-5-8-17-31)46-42(48-43)32-18-9-6-10-19-32/h5-29H,1-4H3. The highest BCUT2D eigenvalue weighted by Gasteiger charge is 2.46. The first kappa shape index (κ1) is 29.7. The molecule has 8 rings (SSSR count). The molecule has 3 heteroatoms. The number of fused-ring (bicyclic) bond motifs is 3. The van der Waals surface area contributed by atoms with Crippen LogP contribution in [0.25, 0.3) is 67.5 Å². The fourth-order valence-corrected chi connectivity index (χ4v) is 7.21. The minimum Gasteiger partial charge on any atom is -0.208 e. The second-order valence-electron chi connectivity index (χ2n) is 13.7. The summed E-state index contributed by atoms with van der Waals surface area (Å²) in [4.78, 5) is 14.7. The summed E-state index contributed by atoms with van der Waals surface area (Å²) < 4.78 is 0. The molecule has 6 aromatic carbocycles. The Morgan fingerprint density at radius 2 is 0.708 bits per heavy atom. The van der Waals surface area contributed by atoms with Crippen LogP contribution in [0, 0.1) is 0 Å². The van der Waals surface area contributed by atoms with Gasteiger partial charge in [-0.3, -0.25) is 0 Å². The minimum absolute atomic E-state index is 0.0135. The van der Waals surface area contributed by atoms with E-state index in [9.17, 15) is 0 Å². The lowest BCUT2D eigenvalue weighted by atomic mass is 9.55. The number of rotatable bonds is 5. The Bertz CT molecular complexity index is 2210. The van der Waals surface area contributed by atoms with Crippen molar-refractivity contribution in [2.45, 2.75) is 38.5 Å². The highest BCUT2D eigenvalue weighted by atomic mass is 15.0. The van der Waals surface area contributed by atoms with E-state index >= 15 is 0 Å². The van der Waals surface area contributed by atoms with E-state index in [1.165, 1.54) is 38.9 Å². The van der Waals surface area contributed by atoms with Crippen LogP contribution in [0.2, 0.25) is 0 Å². The molecule has 0 fully saturated rings. The van der Waals surface area contributed by atoms with Gasteiger partial charge in [0.2, 0.25) is 0 Å². The molecule has 0 saturated carbocycles. The van der Waals surface area contributed by atoms with Crippen LogP contribution >= 0.6 is 0 Å². The molecule has 1 aliphatic carbocycles. The van der Waals surface area contributed by atoms with Gasteiger partial charge < -0.3 is 0 Å². The van der Waals surface area contributed by atoms with E-state index in [4.69, 9.17) is 15.0 Å². The number of benzene rings is 6. The summed E-state index contributed by atoms with van der Waals surface area (Å²) in [6.45, 7) is 9.55. The molecule has 0 bridgehead atoms. The zero-order valence-electron chi connectivity index (χ0n) is 27.8. The van der Waals surface area contributed by atoms with Crippen molar-refractivity contribution in [3.05, 3.63) is 163 Å². The molecule has 7 aromatic rings. The van der Waals surface area contributed by atoms with Crippen LogP contribution in [0.15, 0.2) is 152 Å². The fraction of sp³-hybridized carbons (Fsp3) is 0.133. The lowest BCUT2D eigenvalue weighted by Crippen LogP contribution is -2.43. The molecule has 0 aliphatic heterocycles. The highest BCUT2D eigenvalue weighted by molar-refractivity contribution is 5.95. The van der Waals surface area contributed by atoms with Crippen LogP contribution < -0.4 is 0 Å². The quantitative estimate of drug-likeness (QED) is 0.192. The fourth-order valence-electron chi connectivity index (χ4n) is 7.21. The lowest BCUT2D eigenvalue weighted by Gasteiger charge is -2.48. The summed E-state index contributed by atoms with van der Waals surface area (Å²) >= 11 is 0. The zero-order valence-corrected chi connectivity index (χ0v) is 27.8. The van der Waals surface area contributed by atoms with Gasteiger partial charge in [-0.25, -0.2) is 15.0 Å². The van der Waals surface area contributed by atoms with E-state index in [-0.39, 0.29) is 10.8 Å². The van der Waals surface area contributed by atoms with E-state index in [1.54, 1.807) is 0 Å². The van der Waals surface area contributed by atoms with E-state index < -0.39 is 0 Å². The number of hydrogen-bond donors (Lipinski definition) is 0. The number of nitrogens with zero attached hydrogens (tertiary/aromatic N) is 3. The average molecular weight is 620 g/mol. The van der Waals surface area contributed by atoms with Crippen molar-refractivity contribution in [3.63, 3.8) is 0 Å². The molecule has 0 amide bonds. The van der Waals surface area contributed by atoms with E-state index in [1.807, 2.05) is 60.7 Å². The van der Waals surface area contributed by atoms with Gasteiger partial charge in [-0.1, -0.05) is 179 Å². The summed E-state index contributed by atoms with van der Waals surface area (Å²) in [5.74, 6) is 1.98. The maximum Gasteiger partial charge on any atom is 0.164 e. The predicted octanol–water partition coefficient (Wildman–Crippen LogP) is 11.4. The van der Waals surface area contributed by atoms with Crippen molar-refractivity contribution in [2.75, 3.05) is 0 Å². The van der Waals surface area contributed by atoms with Crippen LogP contribution in [0.3, 0.4) is 0 Å². The van der Waals surface area contributed by atoms with Gasteiger partial charge in [-0.05, 0) is 55.3 Å². The SMILES string of the molecule is CC1(C)c2ccccc2-c2c(-c3ccccc3-c3ccc(-c4nc(-c5ccccc5)nc(-c5ccccc5)n4)cc3)cccc2C1(C)C. The first-order valence-corrected chi connectivity index (χ1v) is 16.6. The molecule has 1 aromatic heterocycles. The Balaban J connectivity index is 1.24. The van der Waals surface area contributed by atoms with Gasteiger partial charge in [0, 0.05) is 16.7 Å². The highest BCUT2D eigenvalue weighted by Crippen LogP contribution is 2.56. The Kier molecular flexibility index (Phi) is 7.14. The molecular weight excluding hydrogens is 583 g/mol. The predicted molar refractivity (Wildman–Crippen MR) is 198 cm³/mol.